The van der Waals surface area contributed by atoms with Gasteiger partial charge >= 0.3 is 5.97 Å². The van der Waals surface area contributed by atoms with Crippen molar-refractivity contribution in [2.24, 2.45) is 0 Å². The fourth-order valence-corrected chi connectivity index (χ4v) is 2.61. The molecule has 2 atom stereocenters. The number of hydrogen-bond acceptors (Lipinski definition) is 5. The molecule has 0 amide bonds. The van der Waals surface area contributed by atoms with E-state index in [1.54, 1.807) is 14.0 Å². The first-order chi connectivity index (χ1) is 11.6. The molecule has 5 nitrogen and oxygen atoms in total. The first-order valence-electron chi connectivity index (χ1n) is 7.85. The van der Waals surface area contributed by atoms with Gasteiger partial charge in [-0.15, -0.1) is 0 Å². The van der Waals surface area contributed by atoms with Crippen LogP contribution in [0.25, 0.3) is 0 Å². The quantitative estimate of drug-likeness (QED) is 0.792. The number of anilines is 1. The zero-order chi connectivity index (χ0) is 17.5. The van der Waals surface area contributed by atoms with Crippen LogP contribution in [0.15, 0.2) is 54.6 Å². The summed E-state index contributed by atoms with van der Waals surface area (Å²) < 4.78 is 10.3. The van der Waals surface area contributed by atoms with E-state index in [0.29, 0.717) is 5.75 Å². The van der Waals surface area contributed by atoms with Gasteiger partial charge in [-0.3, -0.25) is 0 Å². The number of aliphatic hydroxyl groups is 1. The van der Waals surface area contributed by atoms with Crippen molar-refractivity contribution in [3.63, 3.8) is 0 Å². The van der Waals surface area contributed by atoms with Crippen molar-refractivity contribution in [2.45, 2.75) is 19.1 Å². The van der Waals surface area contributed by atoms with Crippen LogP contribution in [0.1, 0.15) is 18.5 Å². The molecule has 2 rings (SSSR count). The van der Waals surface area contributed by atoms with Crippen molar-refractivity contribution in [2.75, 3.05) is 25.7 Å². The molecule has 2 aromatic rings. The summed E-state index contributed by atoms with van der Waals surface area (Å²) >= 11 is 0. The van der Waals surface area contributed by atoms with Crippen molar-refractivity contribution in [1.29, 1.82) is 0 Å². The molecule has 0 fully saturated rings. The molecular formula is C19H23NO4. The fraction of sp³-hybridized carbons (Fsp3) is 0.316. The van der Waals surface area contributed by atoms with E-state index >= 15 is 0 Å². The molecular weight excluding hydrogens is 306 g/mol. The van der Waals surface area contributed by atoms with Gasteiger partial charge in [-0.25, -0.2) is 4.79 Å². The number of rotatable bonds is 7. The molecule has 0 aliphatic heterocycles. The predicted molar refractivity (Wildman–Crippen MR) is 93.2 cm³/mol. The Morgan fingerprint density at radius 1 is 1.17 bits per heavy atom. The molecule has 0 aliphatic carbocycles. The molecule has 0 bridgehead atoms. The first kappa shape index (κ1) is 17.8. The van der Waals surface area contributed by atoms with Gasteiger partial charge < -0.3 is 19.5 Å². The monoisotopic (exact) mass is 329 g/mol. The molecule has 0 heterocycles. The third-order valence-corrected chi connectivity index (χ3v) is 3.85. The van der Waals surface area contributed by atoms with Crippen LogP contribution in [0.3, 0.4) is 0 Å². The Hall–Kier alpha value is -2.53. The molecule has 1 N–H and O–H groups in total. The van der Waals surface area contributed by atoms with Crippen molar-refractivity contribution in [3.8, 4) is 5.75 Å². The van der Waals surface area contributed by atoms with Gasteiger partial charge in [0.2, 0.25) is 0 Å². The van der Waals surface area contributed by atoms with Crippen LogP contribution in [-0.2, 0) is 9.53 Å². The minimum atomic E-state index is -1.30. The summed E-state index contributed by atoms with van der Waals surface area (Å²) in [5, 5.41) is 10.6. The topological polar surface area (TPSA) is 59.0 Å². The molecule has 2 unspecified atom stereocenters. The van der Waals surface area contributed by atoms with E-state index in [-0.39, 0.29) is 6.61 Å². The highest BCUT2D eigenvalue weighted by Crippen LogP contribution is 2.31. The van der Waals surface area contributed by atoms with Crippen LogP contribution in [0, 0.1) is 0 Å². The summed E-state index contributed by atoms with van der Waals surface area (Å²) in [7, 11) is 3.43. The Kier molecular flexibility index (Phi) is 6.21. The average Bonchev–Trinajstić information content (AvgIpc) is 2.63. The molecule has 0 spiro atoms. The standard InChI is InChI=1S/C19H23NO4/c1-4-24-19(22)18(21)17(14-9-6-5-7-10-14)20(2)15-11-8-12-16(13-15)23-3/h5-13,17-18,21H,4H2,1-3H3. The Morgan fingerprint density at radius 3 is 2.50 bits per heavy atom. The highest BCUT2D eigenvalue weighted by molar-refractivity contribution is 5.76. The maximum atomic E-state index is 12.1. The van der Waals surface area contributed by atoms with E-state index in [1.807, 2.05) is 66.5 Å². The highest BCUT2D eigenvalue weighted by atomic mass is 16.5. The summed E-state index contributed by atoms with van der Waals surface area (Å²) in [5.41, 5.74) is 1.65. The van der Waals surface area contributed by atoms with Gasteiger partial charge in [0.1, 0.15) is 5.75 Å². The molecule has 0 saturated heterocycles. The second-order valence-electron chi connectivity index (χ2n) is 5.36. The van der Waals surface area contributed by atoms with E-state index in [2.05, 4.69) is 0 Å². The van der Waals surface area contributed by atoms with Crippen LogP contribution in [0.2, 0.25) is 0 Å². The smallest absolute Gasteiger partial charge is 0.337 e. The number of benzene rings is 2. The Bertz CT molecular complexity index is 659. The largest absolute Gasteiger partial charge is 0.497 e. The lowest BCUT2D eigenvalue weighted by atomic mass is 9.99. The summed E-state index contributed by atoms with van der Waals surface area (Å²) in [6, 6.07) is 16.3. The molecule has 0 aliphatic rings. The Labute approximate surface area is 142 Å². The van der Waals surface area contributed by atoms with Gasteiger partial charge in [-0.05, 0) is 24.6 Å². The average molecular weight is 329 g/mol. The molecule has 128 valence electrons. The fourth-order valence-electron chi connectivity index (χ4n) is 2.61. The number of methoxy groups -OCH3 is 1. The van der Waals surface area contributed by atoms with Crippen molar-refractivity contribution in [1.82, 2.24) is 0 Å². The number of esters is 1. The third-order valence-electron chi connectivity index (χ3n) is 3.85. The van der Waals surface area contributed by atoms with Gasteiger partial charge in [0, 0.05) is 18.8 Å². The van der Waals surface area contributed by atoms with Crippen LogP contribution < -0.4 is 9.64 Å². The lowest BCUT2D eigenvalue weighted by molar-refractivity contribution is -0.154. The third kappa shape index (κ3) is 4.06. The molecule has 0 radical (unpaired) electrons. The van der Waals surface area contributed by atoms with Gasteiger partial charge in [0.15, 0.2) is 6.10 Å². The SMILES string of the molecule is CCOC(=O)C(O)C(c1ccccc1)N(C)c1cccc(OC)c1. The summed E-state index contributed by atoms with van der Waals surface area (Å²) in [6.45, 7) is 1.94. The second-order valence-corrected chi connectivity index (χ2v) is 5.36. The van der Waals surface area contributed by atoms with Crippen LogP contribution in [0.5, 0.6) is 5.75 Å². The minimum absolute atomic E-state index is 0.222. The van der Waals surface area contributed by atoms with E-state index in [1.165, 1.54) is 0 Å². The summed E-state index contributed by atoms with van der Waals surface area (Å²) in [4.78, 5) is 13.9. The maximum absolute atomic E-state index is 12.1. The normalized spacial score (nSPS) is 13.0. The number of carbonyl (C=O) groups excluding carboxylic acids is 1. The van der Waals surface area contributed by atoms with Crippen LogP contribution in [-0.4, -0.2) is 37.9 Å². The number of nitrogens with zero attached hydrogens (tertiary/aromatic N) is 1. The lowest BCUT2D eigenvalue weighted by Crippen LogP contribution is -2.39. The summed E-state index contributed by atoms with van der Waals surface area (Å²) in [6.07, 6.45) is -1.30. The van der Waals surface area contributed by atoms with Crippen LogP contribution in [0.4, 0.5) is 5.69 Å². The van der Waals surface area contributed by atoms with E-state index in [9.17, 15) is 9.90 Å². The molecule has 0 saturated carbocycles. The number of likely N-dealkylation sites (N-methyl/N-ethyl adjacent to an activating group) is 1. The van der Waals surface area contributed by atoms with Crippen molar-refractivity contribution < 1.29 is 19.4 Å². The first-order valence-corrected chi connectivity index (χ1v) is 7.85. The molecule has 24 heavy (non-hydrogen) atoms. The van der Waals surface area contributed by atoms with Gasteiger partial charge in [0.05, 0.1) is 19.8 Å². The number of hydrogen-bond donors (Lipinski definition) is 1. The van der Waals surface area contributed by atoms with Crippen LogP contribution >= 0.6 is 0 Å². The maximum Gasteiger partial charge on any atom is 0.337 e. The Morgan fingerprint density at radius 2 is 1.88 bits per heavy atom. The number of aliphatic hydroxyl groups excluding tert-OH is 1. The second kappa shape index (κ2) is 8.36. The van der Waals surface area contributed by atoms with Gasteiger partial charge in [0.25, 0.3) is 0 Å². The van der Waals surface area contributed by atoms with E-state index < -0.39 is 18.1 Å². The predicted octanol–water partition coefficient (Wildman–Crippen LogP) is 2.80. The van der Waals surface area contributed by atoms with E-state index in [4.69, 9.17) is 9.47 Å². The summed E-state index contributed by atoms with van der Waals surface area (Å²) in [5.74, 6) is 0.0675. The highest BCUT2D eigenvalue weighted by Gasteiger charge is 2.32. The van der Waals surface area contributed by atoms with Gasteiger partial charge in [-0.1, -0.05) is 36.4 Å². The molecule has 0 aromatic heterocycles. The molecule has 5 heteroatoms. The minimum Gasteiger partial charge on any atom is -0.497 e. The number of carbonyl (C=O) groups is 1. The zero-order valence-corrected chi connectivity index (χ0v) is 14.2. The van der Waals surface area contributed by atoms with Crippen molar-refractivity contribution >= 4 is 11.7 Å². The van der Waals surface area contributed by atoms with Gasteiger partial charge in [-0.2, -0.15) is 0 Å². The van der Waals surface area contributed by atoms with Crippen molar-refractivity contribution in [3.05, 3.63) is 60.2 Å². The number of ether oxygens (including phenoxy) is 2. The lowest BCUT2D eigenvalue weighted by Gasteiger charge is -2.33. The van der Waals surface area contributed by atoms with E-state index in [0.717, 1.165) is 11.3 Å². The Balaban J connectivity index is 2.39. The molecule has 2 aromatic carbocycles. The zero-order valence-electron chi connectivity index (χ0n) is 14.2.